The zero-order chi connectivity index (χ0) is 14.0. The van der Waals surface area contributed by atoms with Crippen LogP contribution in [0, 0.1) is 17.6 Å². The molecule has 0 spiro atoms. The average molecular weight is 270 g/mol. The highest BCUT2D eigenvalue weighted by molar-refractivity contribution is 5.23. The van der Waals surface area contributed by atoms with E-state index < -0.39 is 23.3 Å². The second-order valence-corrected chi connectivity index (χ2v) is 5.56. The van der Waals surface area contributed by atoms with Gasteiger partial charge in [0.05, 0.1) is 5.60 Å². The predicted molar refractivity (Wildman–Crippen MR) is 68.7 cm³/mol. The van der Waals surface area contributed by atoms with E-state index in [1.54, 1.807) is 7.11 Å². The van der Waals surface area contributed by atoms with Crippen molar-refractivity contribution in [2.75, 3.05) is 7.11 Å². The van der Waals surface area contributed by atoms with Crippen LogP contribution in [0.2, 0.25) is 0 Å². The molecule has 2 rings (SSSR count). The van der Waals surface area contributed by atoms with Crippen LogP contribution in [0.5, 0.6) is 0 Å². The summed E-state index contributed by atoms with van der Waals surface area (Å²) in [5.41, 5.74) is -0.485. The first-order chi connectivity index (χ1) is 8.97. The van der Waals surface area contributed by atoms with Gasteiger partial charge in [0.2, 0.25) is 0 Å². The Kier molecular flexibility index (Phi) is 4.21. The number of benzene rings is 1. The maximum atomic E-state index is 13.3. The summed E-state index contributed by atoms with van der Waals surface area (Å²) in [5.74, 6) is -0.756. The molecule has 1 atom stereocenters. The Morgan fingerprint density at radius 3 is 2.21 bits per heavy atom. The monoisotopic (exact) mass is 270 g/mol. The van der Waals surface area contributed by atoms with Crippen molar-refractivity contribution < 1.29 is 18.6 Å². The summed E-state index contributed by atoms with van der Waals surface area (Å²) >= 11 is 0. The van der Waals surface area contributed by atoms with Gasteiger partial charge in [0, 0.05) is 13.2 Å². The van der Waals surface area contributed by atoms with E-state index in [0.29, 0.717) is 18.8 Å². The van der Waals surface area contributed by atoms with Gasteiger partial charge >= 0.3 is 0 Å². The third-order valence-electron chi connectivity index (χ3n) is 4.23. The van der Waals surface area contributed by atoms with Crippen molar-refractivity contribution in [3.05, 3.63) is 35.4 Å². The first-order valence-corrected chi connectivity index (χ1v) is 6.66. The fraction of sp³-hybridized carbons (Fsp3) is 0.600. The van der Waals surface area contributed by atoms with E-state index in [1.807, 2.05) is 0 Å². The van der Waals surface area contributed by atoms with E-state index in [0.717, 1.165) is 18.9 Å². The van der Waals surface area contributed by atoms with Crippen LogP contribution in [0.1, 0.15) is 44.3 Å². The van der Waals surface area contributed by atoms with Crippen LogP contribution < -0.4 is 0 Å². The van der Waals surface area contributed by atoms with Crippen LogP contribution in [0.3, 0.4) is 0 Å². The molecule has 0 heterocycles. The highest BCUT2D eigenvalue weighted by Gasteiger charge is 2.41. The van der Waals surface area contributed by atoms with Gasteiger partial charge in [-0.25, -0.2) is 8.78 Å². The molecule has 0 saturated heterocycles. The molecule has 1 aromatic carbocycles. The summed E-state index contributed by atoms with van der Waals surface area (Å²) in [6.07, 6.45) is 2.29. The standard InChI is InChI=1S/C15H20F2O2/c1-10-3-5-15(19-2,6-4-10)14(18)11-7-12(16)9-13(17)8-11/h7-10,14,18H,3-6H2,1-2H3. The lowest BCUT2D eigenvalue weighted by Crippen LogP contribution is -2.42. The molecular weight excluding hydrogens is 250 g/mol. The van der Waals surface area contributed by atoms with Gasteiger partial charge in [-0.05, 0) is 49.3 Å². The van der Waals surface area contributed by atoms with Crippen molar-refractivity contribution in [3.8, 4) is 0 Å². The molecule has 1 fully saturated rings. The van der Waals surface area contributed by atoms with Gasteiger partial charge in [0.15, 0.2) is 0 Å². The van der Waals surface area contributed by atoms with E-state index in [4.69, 9.17) is 4.74 Å². The summed E-state index contributed by atoms with van der Waals surface area (Å²) < 4.78 is 32.0. The Bertz CT molecular complexity index is 420. The summed E-state index contributed by atoms with van der Waals surface area (Å²) in [4.78, 5) is 0. The first kappa shape index (κ1) is 14.4. The Morgan fingerprint density at radius 1 is 1.21 bits per heavy atom. The summed E-state index contributed by atoms with van der Waals surface area (Å²) in [6, 6.07) is 3.15. The topological polar surface area (TPSA) is 29.5 Å². The van der Waals surface area contributed by atoms with Crippen molar-refractivity contribution in [2.24, 2.45) is 5.92 Å². The van der Waals surface area contributed by atoms with E-state index >= 15 is 0 Å². The lowest BCUT2D eigenvalue weighted by atomic mass is 9.74. The number of rotatable bonds is 3. The van der Waals surface area contributed by atoms with Crippen LogP contribution in [0.25, 0.3) is 0 Å². The van der Waals surface area contributed by atoms with Crippen LogP contribution >= 0.6 is 0 Å². The second kappa shape index (κ2) is 5.55. The van der Waals surface area contributed by atoms with Gasteiger partial charge in [-0.3, -0.25) is 0 Å². The molecule has 1 aliphatic carbocycles. The van der Waals surface area contributed by atoms with Crippen LogP contribution in [-0.2, 0) is 4.74 Å². The SMILES string of the molecule is COC1(C(O)c2cc(F)cc(F)c2)CCC(C)CC1. The normalized spacial score (nSPS) is 29.2. The molecule has 106 valence electrons. The van der Waals surface area contributed by atoms with Crippen LogP contribution in [0.4, 0.5) is 8.78 Å². The van der Waals surface area contributed by atoms with E-state index in [9.17, 15) is 13.9 Å². The summed E-state index contributed by atoms with van der Waals surface area (Å²) in [7, 11) is 1.55. The van der Waals surface area contributed by atoms with Crippen molar-refractivity contribution >= 4 is 0 Å². The highest BCUT2D eigenvalue weighted by Crippen LogP contribution is 2.42. The smallest absolute Gasteiger partial charge is 0.126 e. The molecule has 2 nitrogen and oxygen atoms in total. The van der Waals surface area contributed by atoms with Crippen molar-refractivity contribution in [1.82, 2.24) is 0 Å². The zero-order valence-electron chi connectivity index (χ0n) is 11.3. The maximum Gasteiger partial charge on any atom is 0.126 e. The fourth-order valence-electron chi connectivity index (χ4n) is 2.88. The van der Waals surface area contributed by atoms with E-state index in [-0.39, 0.29) is 5.56 Å². The molecule has 1 unspecified atom stereocenters. The number of hydrogen-bond acceptors (Lipinski definition) is 2. The van der Waals surface area contributed by atoms with Gasteiger partial charge in [-0.2, -0.15) is 0 Å². The maximum absolute atomic E-state index is 13.3. The molecule has 0 aliphatic heterocycles. The first-order valence-electron chi connectivity index (χ1n) is 6.66. The Morgan fingerprint density at radius 2 is 1.74 bits per heavy atom. The van der Waals surface area contributed by atoms with Crippen molar-refractivity contribution in [1.29, 1.82) is 0 Å². The average Bonchev–Trinajstić information content (AvgIpc) is 2.38. The Hall–Kier alpha value is -1.00. The van der Waals surface area contributed by atoms with Crippen molar-refractivity contribution in [3.63, 3.8) is 0 Å². The quantitative estimate of drug-likeness (QED) is 0.909. The molecule has 1 aromatic rings. The largest absolute Gasteiger partial charge is 0.385 e. The van der Waals surface area contributed by atoms with Gasteiger partial charge in [-0.15, -0.1) is 0 Å². The molecule has 1 saturated carbocycles. The molecule has 4 heteroatoms. The summed E-state index contributed by atoms with van der Waals surface area (Å²) in [5, 5.41) is 10.5. The Balaban J connectivity index is 2.27. The molecule has 0 aromatic heterocycles. The molecular formula is C15H20F2O2. The number of methoxy groups -OCH3 is 1. The molecule has 19 heavy (non-hydrogen) atoms. The molecule has 0 radical (unpaired) electrons. The zero-order valence-corrected chi connectivity index (χ0v) is 11.3. The number of ether oxygens (including phenoxy) is 1. The molecule has 1 N–H and O–H groups in total. The summed E-state index contributed by atoms with van der Waals surface area (Å²) in [6.45, 7) is 2.16. The number of halogens is 2. The number of hydrogen-bond donors (Lipinski definition) is 1. The van der Waals surface area contributed by atoms with Gasteiger partial charge < -0.3 is 9.84 Å². The Labute approximate surface area is 112 Å². The lowest BCUT2D eigenvalue weighted by molar-refractivity contribution is -0.130. The van der Waals surface area contributed by atoms with Crippen LogP contribution in [-0.4, -0.2) is 17.8 Å². The minimum atomic E-state index is -1.00. The van der Waals surface area contributed by atoms with Gasteiger partial charge in [-0.1, -0.05) is 6.92 Å². The molecule has 0 bridgehead atoms. The molecule has 0 amide bonds. The van der Waals surface area contributed by atoms with Crippen molar-refractivity contribution in [2.45, 2.75) is 44.3 Å². The van der Waals surface area contributed by atoms with E-state index in [2.05, 4.69) is 6.92 Å². The molecule has 1 aliphatic rings. The van der Waals surface area contributed by atoms with E-state index in [1.165, 1.54) is 12.1 Å². The number of aliphatic hydroxyl groups excluding tert-OH is 1. The predicted octanol–water partition coefficient (Wildman–Crippen LogP) is 3.59. The third kappa shape index (κ3) is 2.95. The lowest BCUT2D eigenvalue weighted by Gasteiger charge is -2.41. The fourth-order valence-corrected chi connectivity index (χ4v) is 2.88. The highest BCUT2D eigenvalue weighted by atomic mass is 19.1. The minimum Gasteiger partial charge on any atom is -0.385 e. The van der Waals surface area contributed by atoms with Gasteiger partial charge in [0.1, 0.15) is 17.7 Å². The number of aliphatic hydroxyl groups is 1. The van der Waals surface area contributed by atoms with Gasteiger partial charge in [0.25, 0.3) is 0 Å². The van der Waals surface area contributed by atoms with Crippen LogP contribution in [0.15, 0.2) is 18.2 Å². The minimum absolute atomic E-state index is 0.244. The second-order valence-electron chi connectivity index (χ2n) is 5.56. The third-order valence-corrected chi connectivity index (χ3v) is 4.23.